The fraction of sp³-hybridized carbons (Fsp3) is 0.585. The summed E-state index contributed by atoms with van der Waals surface area (Å²) in [5.41, 5.74) is 34.4. The number of carboxylic acid groups (broad SMARTS) is 3. The SMILES string of the molecule is C[C@H](NC(=O)[C@H](CCCN=C(N)N)NC(=O)[C@@H](N)CCCCN)C(=O)N[C@@H](CO)C(=O)N[C@@H](CCCN=C(N)N)C(=O)N[C@@H](Cc1c[nH]c2ccccc12)C(=O)N[C@@H](CC(=O)O)C(=O)N[C@@H](CCC(=O)O)C(=O)N[C@H](C(=O)N1CCC[C@H]1C(=O)O)[C@@H](C)O. The molecule has 2 heterocycles. The number of amides is 9. The first kappa shape index (κ1) is 73.0. The van der Waals surface area contributed by atoms with Crippen molar-refractivity contribution in [2.24, 2.45) is 44.4 Å². The van der Waals surface area contributed by atoms with E-state index in [1.807, 2.05) is 0 Å². The zero-order chi connectivity index (χ0) is 65.8. The molecular weight excluding hydrogens is 1160 g/mol. The lowest BCUT2D eigenvalue weighted by atomic mass is 10.0. The molecule has 1 aliphatic rings. The number of aliphatic imine (C=N–C) groups is 2. The molecule has 1 aromatic carbocycles. The summed E-state index contributed by atoms with van der Waals surface area (Å²) in [6, 6.07) is -9.20. The number of benzene rings is 1. The quantitative estimate of drug-likeness (QED) is 0.0168. The highest BCUT2D eigenvalue weighted by molar-refractivity contribution is 6.00. The minimum absolute atomic E-state index is 0.0104. The standard InChI is InChI=1S/C53H84N18O17/c1-26(63-44(80)32(13-7-19-60-52(56)57)64-43(79)30(55)11-5-6-18-54)42(78)69-37(25-72)49(85)65-33(14-8-20-61-53(58)59)45(81)67-35(22-28-24-62-31-12-4-3-10-29(28)31)47(83)68-36(23-40(76)77)48(84)66-34(16-17-39(74)75)46(82)70-41(27(2)73)50(86)71-21-9-15-38(71)51(87)88/h3-4,10,12,24,26-27,30,32-38,41,62,72-73H,5-9,11,13-23,25,54-55H2,1-2H3,(H,63,80)(H,64,79)(H,65,85)(H,66,84)(H,67,81)(H,68,83)(H,69,78)(H,70,82)(H,74,75)(H,76,77)(H,87,88)(H4,56,57,60)(H4,58,59,61)/t26-,27+,30-,32-,33-,34-,35-,36-,37-,38-,41-/m0/s1. The number of aliphatic hydroxyl groups excluding tert-OH is 2. The second kappa shape index (κ2) is 36.7. The van der Waals surface area contributed by atoms with Gasteiger partial charge in [-0.25, -0.2) is 4.79 Å². The molecule has 0 bridgehead atoms. The number of nitrogens with zero attached hydrogens (tertiary/aromatic N) is 3. The fourth-order valence-corrected chi connectivity index (χ4v) is 9.18. The number of para-hydroxylation sites is 1. The van der Waals surface area contributed by atoms with Crippen molar-refractivity contribution in [2.75, 3.05) is 32.8 Å². The van der Waals surface area contributed by atoms with E-state index in [1.165, 1.54) is 13.1 Å². The van der Waals surface area contributed by atoms with Crippen LogP contribution in [0, 0.1) is 0 Å². The Labute approximate surface area is 505 Å². The monoisotopic (exact) mass is 1240 g/mol. The number of carbonyl (C=O) groups is 12. The third-order valence-electron chi connectivity index (χ3n) is 13.9. The van der Waals surface area contributed by atoms with Gasteiger partial charge in [0.1, 0.15) is 54.4 Å². The molecule has 1 aliphatic heterocycles. The van der Waals surface area contributed by atoms with Crippen molar-refractivity contribution in [2.45, 2.75) is 164 Å². The summed E-state index contributed by atoms with van der Waals surface area (Å²) in [6.45, 7) is 1.58. The van der Waals surface area contributed by atoms with Crippen LogP contribution in [-0.4, -0.2) is 218 Å². The molecular formula is C53H84N18O17. The molecule has 11 atom stereocenters. The van der Waals surface area contributed by atoms with Crippen LogP contribution in [0.1, 0.15) is 96.5 Å². The van der Waals surface area contributed by atoms with Gasteiger partial charge in [-0.1, -0.05) is 24.6 Å². The largest absolute Gasteiger partial charge is 0.481 e. The number of rotatable bonds is 39. The molecule has 0 saturated carbocycles. The minimum atomic E-state index is -2.09. The molecule has 26 N–H and O–H groups in total. The highest BCUT2D eigenvalue weighted by Crippen LogP contribution is 2.21. The van der Waals surface area contributed by atoms with Gasteiger partial charge in [0.15, 0.2) is 11.9 Å². The highest BCUT2D eigenvalue weighted by Gasteiger charge is 2.41. The average Bonchev–Trinajstić information content (AvgIpc) is 3.33. The van der Waals surface area contributed by atoms with Crippen molar-refractivity contribution in [3.63, 3.8) is 0 Å². The number of aliphatic hydroxyl groups is 2. The van der Waals surface area contributed by atoms with Gasteiger partial charge in [-0.2, -0.15) is 0 Å². The summed E-state index contributed by atoms with van der Waals surface area (Å²) in [7, 11) is 0. The molecule has 1 aromatic heterocycles. The lowest BCUT2D eigenvalue weighted by Crippen LogP contribution is -2.61. The van der Waals surface area contributed by atoms with E-state index < -0.39 is 170 Å². The number of aliphatic carboxylic acids is 3. The zero-order valence-corrected chi connectivity index (χ0v) is 48.9. The van der Waals surface area contributed by atoms with Gasteiger partial charge >= 0.3 is 17.9 Å². The van der Waals surface area contributed by atoms with Crippen LogP contribution in [0.2, 0.25) is 0 Å². The topological polar surface area (TPSA) is 602 Å². The molecule has 2 aromatic rings. The van der Waals surface area contributed by atoms with Crippen molar-refractivity contribution in [1.82, 2.24) is 52.4 Å². The van der Waals surface area contributed by atoms with E-state index >= 15 is 0 Å². The van der Waals surface area contributed by atoms with Crippen LogP contribution < -0.4 is 76.9 Å². The van der Waals surface area contributed by atoms with Gasteiger partial charge in [-0.3, -0.25) is 62.7 Å². The molecule has 3 rings (SSSR count). The van der Waals surface area contributed by atoms with Crippen molar-refractivity contribution < 1.29 is 83.1 Å². The Morgan fingerprint density at radius 3 is 1.69 bits per heavy atom. The number of hydrogen-bond donors (Lipinski definition) is 20. The maximum absolute atomic E-state index is 14.6. The Morgan fingerprint density at radius 1 is 0.625 bits per heavy atom. The van der Waals surface area contributed by atoms with Crippen molar-refractivity contribution in [3.05, 3.63) is 36.0 Å². The Kier molecular flexibility index (Phi) is 30.5. The predicted octanol–water partition coefficient (Wildman–Crippen LogP) is -7.04. The first-order valence-corrected chi connectivity index (χ1v) is 28.4. The number of aromatic amines is 1. The van der Waals surface area contributed by atoms with Crippen molar-refractivity contribution >= 4 is 93.9 Å². The lowest BCUT2D eigenvalue weighted by molar-refractivity contribution is -0.150. The van der Waals surface area contributed by atoms with E-state index in [2.05, 4.69) is 57.5 Å². The van der Waals surface area contributed by atoms with Crippen molar-refractivity contribution in [3.8, 4) is 0 Å². The van der Waals surface area contributed by atoms with Gasteiger partial charge in [0.05, 0.1) is 25.2 Å². The number of guanidine groups is 2. The average molecular weight is 1250 g/mol. The number of unbranched alkanes of at least 4 members (excludes halogenated alkanes) is 1. The normalized spacial score (nSPS) is 16.2. The number of fused-ring (bicyclic) bond motifs is 1. The maximum Gasteiger partial charge on any atom is 0.326 e. The molecule has 1 saturated heterocycles. The molecule has 0 radical (unpaired) electrons. The second-order valence-corrected chi connectivity index (χ2v) is 20.9. The van der Waals surface area contributed by atoms with Crippen molar-refractivity contribution in [1.29, 1.82) is 0 Å². The number of nitrogens with two attached hydrogens (primary N) is 6. The fourth-order valence-electron chi connectivity index (χ4n) is 9.18. The summed E-state index contributed by atoms with van der Waals surface area (Å²) in [6.07, 6.45) is -1.59. The Morgan fingerprint density at radius 2 is 1.14 bits per heavy atom. The Bertz CT molecular complexity index is 2820. The molecule has 488 valence electrons. The highest BCUT2D eigenvalue weighted by atomic mass is 16.4. The van der Waals surface area contributed by atoms with Gasteiger partial charge < -0.3 is 112 Å². The minimum Gasteiger partial charge on any atom is -0.481 e. The van der Waals surface area contributed by atoms with Gasteiger partial charge in [-0.15, -0.1) is 0 Å². The van der Waals surface area contributed by atoms with Gasteiger partial charge in [0, 0.05) is 49.6 Å². The molecule has 0 spiro atoms. The number of aromatic nitrogens is 1. The summed E-state index contributed by atoms with van der Waals surface area (Å²) in [4.78, 5) is 172. The molecule has 35 heteroatoms. The maximum atomic E-state index is 14.6. The van der Waals surface area contributed by atoms with Crippen LogP contribution in [0.5, 0.6) is 0 Å². The first-order chi connectivity index (χ1) is 41.6. The van der Waals surface area contributed by atoms with E-state index in [4.69, 9.17) is 34.4 Å². The van der Waals surface area contributed by atoms with Crippen LogP contribution in [0.25, 0.3) is 10.9 Å². The molecule has 88 heavy (non-hydrogen) atoms. The predicted molar refractivity (Wildman–Crippen MR) is 314 cm³/mol. The van der Waals surface area contributed by atoms with E-state index in [1.54, 1.807) is 24.3 Å². The third-order valence-corrected chi connectivity index (χ3v) is 13.9. The lowest BCUT2D eigenvalue weighted by Gasteiger charge is -2.30. The first-order valence-electron chi connectivity index (χ1n) is 28.4. The van der Waals surface area contributed by atoms with Crippen LogP contribution in [0.15, 0.2) is 40.4 Å². The van der Waals surface area contributed by atoms with Gasteiger partial charge in [0.25, 0.3) is 0 Å². The molecule has 0 unspecified atom stereocenters. The van der Waals surface area contributed by atoms with Crippen LogP contribution in [0.4, 0.5) is 0 Å². The Balaban J connectivity index is 1.94. The number of carbonyl (C=O) groups excluding carboxylic acids is 9. The van der Waals surface area contributed by atoms with Gasteiger partial charge in [-0.05, 0) is 89.8 Å². The number of likely N-dealkylation sites (tertiary alicyclic amines) is 1. The number of carboxylic acids is 3. The molecule has 9 amide bonds. The third kappa shape index (κ3) is 24.3. The number of hydrogen-bond acceptors (Lipinski definition) is 18. The van der Waals surface area contributed by atoms with Crippen LogP contribution >= 0.6 is 0 Å². The molecule has 35 nitrogen and oxygen atoms in total. The summed E-state index contributed by atoms with van der Waals surface area (Å²) in [5.74, 6) is -14.6. The van der Waals surface area contributed by atoms with E-state index in [-0.39, 0.29) is 76.5 Å². The summed E-state index contributed by atoms with van der Waals surface area (Å²) in [5, 5.41) is 69.7. The summed E-state index contributed by atoms with van der Waals surface area (Å²) < 4.78 is 0. The molecule has 1 fully saturated rings. The van der Waals surface area contributed by atoms with E-state index in [9.17, 15) is 83.1 Å². The molecule has 0 aliphatic carbocycles. The van der Waals surface area contributed by atoms with E-state index in [0.717, 1.165) is 11.8 Å². The van der Waals surface area contributed by atoms with Crippen LogP contribution in [-0.2, 0) is 64.0 Å². The van der Waals surface area contributed by atoms with Gasteiger partial charge in [0.2, 0.25) is 53.2 Å². The Hall–Kier alpha value is -9.22. The smallest absolute Gasteiger partial charge is 0.326 e. The number of H-pyrrole nitrogens is 1. The zero-order valence-electron chi connectivity index (χ0n) is 48.9. The van der Waals surface area contributed by atoms with E-state index in [0.29, 0.717) is 35.9 Å². The second-order valence-electron chi connectivity index (χ2n) is 20.9. The van der Waals surface area contributed by atoms with Crippen LogP contribution in [0.3, 0.4) is 0 Å². The summed E-state index contributed by atoms with van der Waals surface area (Å²) >= 11 is 0. The number of nitrogens with one attached hydrogen (secondary N) is 9.